The standard InChI is InChI=1S/C16H11N3O4/c20-15(21)11-6-12(16(22)23)8-13(7-11)19-9-17-18-14(19)10-4-2-1-3-5-10/h1-9H,(H,20,21)(H,22,23). The fourth-order valence-electron chi connectivity index (χ4n) is 2.21. The maximum atomic E-state index is 11.2. The fraction of sp³-hybridized carbons (Fsp3) is 0. The molecule has 0 bridgehead atoms. The molecule has 23 heavy (non-hydrogen) atoms. The highest BCUT2D eigenvalue weighted by Crippen LogP contribution is 2.22. The number of hydrogen-bond acceptors (Lipinski definition) is 4. The van der Waals surface area contributed by atoms with E-state index in [0.717, 1.165) is 11.6 Å². The third-order valence-electron chi connectivity index (χ3n) is 3.27. The van der Waals surface area contributed by atoms with E-state index in [0.29, 0.717) is 11.5 Å². The van der Waals surface area contributed by atoms with Gasteiger partial charge in [0.15, 0.2) is 5.82 Å². The molecule has 0 fully saturated rings. The number of aromatic carboxylic acids is 2. The summed E-state index contributed by atoms with van der Waals surface area (Å²) in [7, 11) is 0. The van der Waals surface area contributed by atoms with Crippen molar-refractivity contribution in [1.82, 2.24) is 14.8 Å². The minimum absolute atomic E-state index is 0.118. The van der Waals surface area contributed by atoms with Crippen LogP contribution in [0.4, 0.5) is 0 Å². The summed E-state index contributed by atoms with van der Waals surface area (Å²) in [5, 5.41) is 26.2. The first-order chi connectivity index (χ1) is 11.1. The molecule has 2 N–H and O–H groups in total. The Bertz CT molecular complexity index is 855. The molecule has 0 aliphatic carbocycles. The third-order valence-corrected chi connectivity index (χ3v) is 3.27. The molecule has 0 saturated carbocycles. The van der Waals surface area contributed by atoms with Crippen molar-refractivity contribution in [1.29, 1.82) is 0 Å². The number of aromatic nitrogens is 3. The fourth-order valence-corrected chi connectivity index (χ4v) is 2.21. The number of benzene rings is 2. The van der Waals surface area contributed by atoms with Gasteiger partial charge in [-0.3, -0.25) is 4.57 Å². The number of carboxylic acid groups (broad SMARTS) is 2. The van der Waals surface area contributed by atoms with E-state index in [1.807, 2.05) is 30.3 Å². The second-order valence-electron chi connectivity index (χ2n) is 4.77. The SMILES string of the molecule is O=C(O)c1cc(C(=O)O)cc(-n2cnnc2-c2ccccc2)c1. The lowest BCUT2D eigenvalue weighted by molar-refractivity contribution is 0.0696. The average Bonchev–Trinajstić information content (AvgIpc) is 3.04. The van der Waals surface area contributed by atoms with E-state index < -0.39 is 11.9 Å². The molecular formula is C16H11N3O4. The lowest BCUT2D eigenvalue weighted by Gasteiger charge is -2.09. The molecule has 0 aliphatic rings. The Morgan fingerprint density at radius 2 is 1.52 bits per heavy atom. The molecular weight excluding hydrogens is 298 g/mol. The predicted molar refractivity (Wildman–Crippen MR) is 80.7 cm³/mol. The zero-order valence-electron chi connectivity index (χ0n) is 11.7. The van der Waals surface area contributed by atoms with Crippen LogP contribution < -0.4 is 0 Å². The van der Waals surface area contributed by atoms with Crippen LogP contribution >= 0.6 is 0 Å². The molecule has 0 unspecified atom stereocenters. The van der Waals surface area contributed by atoms with Gasteiger partial charge in [0, 0.05) is 5.56 Å². The van der Waals surface area contributed by atoms with Gasteiger partial charge in [-0.05, 0) is 18.2 Å². The first-order valence-electron chi connectivity index (χ1n) is 6.64. The number of carbonyl (C=O) groups is 2. The largest absolute Gasteiger partial charge is 0.478 e. The molecule has 7 nitrogen and oxygen atoms in total. The van der Waals surface area contributed by atoms with E-state index in [-0.39, 0.29) is 11.1 Å². The zero-order valence-corrected chi connectivity index (χ0v) is 11.7. The van der Waals surface area contributed by atoms with Gasteiger partial charge < -0.3 is 10.2 Å². The maximum Gasteiger partial charge on any atom is 0.335 e. The minimum atomic E-state index is -1.20. The Hall–Kier alpha value is -3.48. The first-order valence-corrected chi connectivity index (χ1v) is 6.64. The van der Waals surface area contributed by atoms with Gasteiger partial charge in [-0.2, -0.15) is 0 Å². The van der Waals surface area contributed by atoms with Crippen molar-refractivity contribution in [3.05, 3.63) is 66.0 Å². The molecule has 0 saturated heterocycles. The van der Waals surface area contributed by atoms with Crippen molar-refractivity contribution >= 4 is 11.9 Å². The Morgan fingerprint density at radius 3 is 2.09 bits per heavy atom. The van der Waals surface area contributed by atoms with Crippen LogP contribution in [-0.2, 0) is 0 Å². The second-order valence-corrected chi connectivity index (χ2v) is 4.77. The van der Waals surface area contributed by atoms with Crippen molar-refractivity contribution in [2.45, 2.75) is 0 Å². The summed E-state index contributed by atoms with van der Waals surface area (Å²) in [5.74, 6) is -1.92. The lowest BCUT2D eigenvalue weighted by Crippen LogP contribution is -2.06. The molecule has 3 rings (SSSR count). The first kappa shape index (κ1) is 14.5. The van der Waals surface area contributed by atoms with Crippen LogP contribution in [-0.4, -0.2) is 36.9 Å². The lowest BCUT2D eigenvalue weighted by atomic mass is 10.1. The minimum Gasteiger partial charge on any atom is -0.478 e. The molecule has 7 heteroatoms. The number of carboxylic acids is 2. The van der Waals surface area contributed by atoms with Gasteiger partial charge in [0.1, 0.15) is 6.33 Å². The molecule has 0 amide bonds. The summed E-state index contributed by atoms with van der Waals surface area (Å²) in [4.78, 5) is 22.4. The van der Waals surface area contributed by atoms with Gasteiger partial charge >= 0.3 is 11.9 Å². The monoisotopic (exact) mass is 309 g/mol. The van der Waals surface area contributed by atoms with Crippen LogP contribution in [0.2, 0.25) is 0 Å². The van der Waals surface area contributed by atoms with Crippen LogP contribution in [0.25, 0.3) is 17.1 Å². The highest BCUT2D eigenvalue weighted by Gasteiger charge is 2.15. The van der Waals surface area contributed by atoms with Gasteiger partial charge in [0.25, 0.3) is 0 Å². The van der Waals surface area contributed by atoms with Crippen LogP contribution in [0.5, 0.6) is 0 Å². The molecule has 3 aromatic rings. The number of nitrogens with zero attached hydrogens (tertiary/aromatic N) is 3. The Kier molecular flexibility index (Phi) is 3.60. The zero-order chi connectivity index (χ0) is 16.4. The summed E-state index contributed by atoms with van der Waals surface area (Å²) < 4.78 is 1.55. The highest BCUT2D eigenvalue weighted by molar-refractivity contribution is 5.94. The van der Waals surface area contributed by atoms with E-state index in [2.05, 4.69) is 10.2 Å². The summed E-state index contributed by atoms with van der Waals surface area (Å²) in [5.41, 5.74) is 0.911. The van der Waals surface area contributed by atoms with E-state index in [9.17, 15) is 9.59 Å². The molecule has 1 aromatic heterocycles. The van der Waals surface area contributed by atoms with Crippen molar-refractivity contribution in [3.63, 3.8) is 0 Å². The average molecular weight is 309 g/mol. The Balaban J connectivity index is 2.18. The molecule has 0 atom stereocenters. The summed E-state index contributed by atoms with van der Waals surface area (Å²) in [6.07, 6.45) is 1.41. The normalized spacial score (nSPS) is 10.4. The molecule has 0 spiro atoms. The predicted octanol–water partition coefficient (Wildman–Crippen LogP) is 2.33. The van der Waals surface area contributed by atoms with Gasteiger partial charge in [0.2, 0.25) is 0 Å². The Labute approximate surface area is 130 Å². The molecule has 114 valence electrons. The van der Waals surface area contributed by atoms with Crippen molar-refractivity contribution in [2.75, 3.05) is 0 Å². The molecule has 1 heterocycles. The second kappa shape index (κ2) is 5.72. The highest BCUT2D eigenvalue weighted by atomic mass is 16.4. The van der Waals surface area contributed by atoms with Crippen LogP contribution in [0.1, 0.15) is 20.7 Å². The van der Waals surface area contributed by atoms with Crippen molar-refractivity contribution < 1.29 is 19.8 Å². The summed E-state index contributed by atoms with van der Waals surface area (Å²) >= 11 is 0. The van der Waals surface area contributed by atoms with Crippen molar-refractivity contribution in [2.24, 2.45) is 0 Å². The molecule has 0 aliphatic heterocycles. The maximum absolute atomic E-state index is 11.2. The molecule has 0 radical (unpaired) electrons. The van der Waals surface area contributed by atoms with Crippen LogP contribution in [0, 0.1) is 0 Å². The van der Waals surface area contributed by atoms with Gasteiger partial charge in [0.05, 0.1) is 16.8 Å². The van der Waals surface area contributed by atoms with Crippen LogP contribution in [0.15, 0.2) is 54.9 Å². The topological polar surface area (TPSA) is 105 Å². The molecule has 2 aromatic carbocycles. The van der Waals surface area contributed by atoms with E-state index >= 15 is 0 Å². The Morgan fingerprint density at radius 1 is 0.913 bits per heavy atom. The smallest absolute Gasteiger partial charge is 0.335 e. The van der Waals surface area contributed by atoms with Gasteiger partial charge in [-0.15, -0.1) is 10.2 Å². The van der Waals surface area contributed by atoms with Crippen LogP contribution in [0.3, 0.4) is 0 Å². The van der Waals surface area contributed by atoms with E-state index in [1.165, 1.54) is 18.5 Å². The van der Waals surface area contributed by atoms with E-state index in [4.69, 9.17) is 10.2 Å². The number of hydrogen-bond donors (Lipinski definition) is 2. The number of rotatable bonds is 4. The van der Waals surface area contributed by atoms with Gasteiger partial charge in [-0.1, -0.05) is 30.3 Å². The van der Waals surface area contributed by atoms with E-state index in [1.54, 1.807) is 4.57 Å². The summed E-state index contributed by atoms with van der Waals surface area (Å²) in [6.45, 7) is 0. The van der Waals surface area contributed by atoms with Gasteiger partial charge in [-0.25, -0.2) is 9.59 Å². The third kappa shape index (κ3) is 2.80. The summed E-state index contributed by atoms with van der Waals surface area (Å²) in [6, 6.07) is 13.1. The van der Waals surface area contributed by atoms with Crippen molar-refractivity contribution in [3.8, 4) is 17.1 Å². The quantitative estimate of drug-likeness (QED) is 0.766.